The smallest absolute Gasteiger partial charge is 0.221 e. The van der Waals surface area contributed by atoms with Crippen LogP contribution in [0.15, 0.2) is 53.1 Å². The average molecular weight is 433 g/mol. The first kappa shape index (κ1) is 18.8. The number of pyridine rings is 1. The maximum absolute atomic E-state index is 14.2. The minimum Gasteiger partial charge on any atom is -0.396 e. The zero-order valence-corrected chi connectivity index (χ0v) is 15.8. The summed E-state index contributed by atoms with van der Waals surface area (Å²) >= 11 is 3.29. The molecule has 4 N–H and O–H groups in total. The average Bonchev–Trinajstić information content (AvgIpc) is 2.56. The molecule has 0 saturated carbocycles. The number of amides is 1. The second-order valence-corrected chi connectivity index (χ2v) is 6.74. The molecule has 3 rings (SSSR count). The van der Waals surface area contributed by atoms with Gasteiger partial charge in [0.1, 0.15) is 11.6 Å². The molecule has 1 heterocycles. The Morgan fingerprint density at radius 2 is 1.85 bits per heavy atom. The Kier molecular flexibility index (Phi) is 5.36. The van der Waals surface area contributed by atoms with Crippen molar-refractivity contribution < 1.29 is 13.6 Å². The molecule has 0 saturated heterocycles. The molecule has 0 atom stereocenters. The van der Waals surface area contributed by atoms with E-state index in [1.54, 1.807) is 30.5 Å². The van der Waals surface area contributed by atoms with E-state index in [1.807, 2.05) is 0 Å². The summed E-state index contributed by atoms with van der Waals surface area (Å²) in [6.45, 7) is 1.37. The van der Waals surface area contributed by atoms with Crippen LogP contribution < -0.4 is 16.4 Å². The van der Waals surface area contributed by atoms with Crippen LogP contribution in [0, 0.1) is 11.6 Å². The molecule has 5 nitrogen and oxygen atoms in total. The summed E-state index contributed by atoms with van der Waals surface area (Å²) < 4.78 is 28.2. The first-order valence-corrected chi connectivity index (χ1v) is 8.67. The number of anilines is 4. The van der Waals surface area contributed by atoms with Crippen molar-refractivity contribution in [2.45, 2.75) is 6.92 Å². The molecule has 1 amide bonds. The van der Waals surface area contributed by atoms with Gasteiger partial charge in [0.05, 0.1) is 5.69 Å². The molecule has 0 aliphatic heterocycles. The first-order chi connectivity index (χ1) is 12.8. The number of carbonyl (C=O) groups is 1. The van der Waals surface area contributed by atoms with Crippen LogP contribution in [-0.2, 0) is 4.79 Å². The van der Waals surface area contributed by atoms with Crippen LogP contribution >= 0.6 is 15.9 Å². The van der Waals surface area contributed by atoms with Crippen LogP contribution in [0.2, 0.25) is 0 Å². The van der Waals surface area contributed by atoms with Crippen molar-refractivity contribution in [3.63, 3.8) is 0 Å². The predicted octanol–water partition coefficient (Wildman–Crippen LogP) is 5.07. The van der Waals surface area contributed by atoms with Gasteiger partial charge >= 0.3 is 0 Å². The number of nitrogens with two attached hydrogens (primary N) is 1. The van der Waals surface area contributed by atoms with E-state index in [4.69, 9.17) is 5.73 Å². The molecular formula is C19H15BrF2N4O. The van der Waals surface area contributed by atoms with Crippen molar-refractivity contribution in [2.24, 2.45) is 0 Å². The van der Waals surface area contributed by atoms with Gasteiger partial charge in [-0.05, 0) is 57.9 Å². The van der Waals surface area contributed by atoms with Crippen molar-refractivity contribution in [3.05, 3.63) is 64.8 Å². The SMILES string of the molecule is CC(=O)Nc1cc(Nc2ncc(Br)cc2N)cc(-c2ccc(F)cc2F)c1. The third-order valence-corrected chi connectivity index (χ3v) is 4.08. The number of aromatic nitrogens is 1. The molecule has 2 aromatic carbocycles. The highest BCUT2D eigenvalue weighted by Crippen LogP contribution is 2.32. The summed E-state index contributed by atoms with van der Waals surface area (Å²) in [5, 5.41) is 5.71. The van der Waals surface area contributed by atoms with E-state index in [-0.39, 0.29) is 11.5 Å². The van der Waals surface area contributed by atoms with E-state index in [2.05, 4.69) is 31.5 Å². The number of nitrogen functional groups attached to an aromatic ring is 1. The molecular weight excluding hydrogens is 418 g/mol. The van der Waals surface area contributed by atoms with Crippen LogP contribution in [0.5, 0.6) is 0 Å². The standard InChI is InChI=1S/C19H15BrF2N4O/c1-10(27)25-14-4-11(16-3-2-13(21)7-17(16)22)5-15(8-14)26-19-18(23)6-12(20)9-24-19/h2-9H,23H2,1H3,(H,24,26)(H,25,27). The van der Waals surface area contributed by atoms with E-state index in [0.717, 1.165) is 10.5 Å². The highest BCUT2D eigenvalue weighted by Gasteiger charge is 2.11. The normalized spacial score (nSPS) is 10.5. The minimum atomic E-state index is -0.706. The summed E-state index contributed by atoms with van der Waals surface area (Å²) in [4.78, 5) is 15.6. The van der Waals surface area contributed by atoms with Gasteiger partial charge in [0.25, 0.3) is 0 Å². The fourth-order valence-corrected chi connectivity index (χ4v) is 2.90. The quantitative estimate of drug-likeness (QED) is 0.537. The fourth-order valence-electron chi connectivity index (χ4n) is 2.55. The highest BCUT2D eigenvalue weighted by molar-refractivity contribution is 9.10. The number of nitrogens with zero attached hydrogens (tertiary/aromatic N) is 1. The monoisotopic (exact) mass is 432 g/mol. The summed E-state index contributed by atoms with van der Waals surface area (Å²) in [6.07, 6.45) is 1.58. The number of benzene rings is 2. The zero-order chi connectivity index (χ0) is 19.6. The van der Waals surface area contributed by atoms with Crippen molar-refractivity contribution >= 4 is 44.7 Å². The highest BCUT2D eigenvalue weighted by atomic mass is 79.9. The predicted molar refractivity (Wildman–Crippen MR) is 106 cm³/mol. The van der Waals surface area contributed by atoms with Gasteiger partial charge in [-0.3, -0.25) is 4.79 Å². The zero-order valence-electron chi connectivity index (χ0n) is 14.2. The molecule has 8 heteroatoms. The Bertz CT molecular complexity index is 1030. The lowest BCUT2D eigenvalue weighted by atomic mass is 10.0. The molecule has 1 aromatic heterocycles. The van der Waals surface area contributed by atoms with Gasteiger partial charge in [0, 0.05) is 40.6 Å². The molecule has 0 spiro atoms. The van der Waals surface area contributed by atoms with Gasteiger partial charge in [0.15, 0.2) is 5.82 Å². The van der Waals surface area contributed by atoms with Gasteiger partial charge in [-0.25, -0.2) is 13.8 Å². The summed E-state index contributed by atoms with van der Waals surface area (Å²) in [7, 11) is 0. The van der Waals surface area contributed by atoms with Crippen molar-refractivity contribution in [3.8, 4) is 11.1 Å². The maximum Gasteiger partial charge on any atom is 0.221 e. The molecule has 0 unspecified atom stereocenters. The van der Waals surface area contributed by atoms with Crippen LogP contribution in [-0.4, -0.2) is 10.9 Å². The fraction of sp³-hybridized carbons (Fsp3) is 0.0526. The Morgan fingerprint density at radius 1 is 1.11 bits per heavy atom. The van der Waals surface area contributed by atoms with Crippen LogP contribution in [0.1, 0.15) is 6.92 Å². The van der Waals surface area contributed by atoms with Gasteiger partial charge in [-0.15, -0.1) is 0 Å². The second-order valence-electron chi connectivity index (χ2n) is 5.82. The number of halogens is 3. The van der Waals surface area contributed by atoms with E-state index >= 15 is 0 Å². The lowest BCUT2D eigenvalue weighted by molar-refractivity contribution is -0.114. The lowest BCUT2D eigenvalue weighted by Crippen LogP contribution is -2.07. The Balaban J connectivity index is 2.06. The number of nitrogens with one attached hydrogen (secondary N) is 2. The van der Waals surface area contributed by atoms with Gasteiger partial charge < -0.3 is 16.4 Å². The van der Waals surface area contributed by atoms with Crippen LogP contribution in [0.25, 0.3) is 11.1 Å². The second kappa shape index (κ2) is 7.71. The third kappa shape index (κ3) is 4.59. The molecule has 0 radical (unpaired) electrons. The van der Waals surface area contributed by atoms with Crippen LogP contribution in [0.4, 0.5) is 31.7 Å². The molecule has 0 fully saturated rings. The topological polar surface area (TPSA) is 80.0 Å². The molecule has 0 aliphatic rings. The van der Waals surface area contributed by atoms with Gasteiger partial charge in [-0.1, -0.05) is 0 Å². The summed E-state index contributed by atoms with van der Waals surface area (Å²) in [5.74, 6) is -1.25. The van der Waals surface area contributed by atoms with Crippen LogP contribution in [0.3, 0.4) is 0 Å². The molecule has 27 heavy (non-hydrogen) atoms. The van der Waals surface area contributed by atoms with E-state index in [0.29, 0.717) is 28.4 Å². The number of hydrogen-bond acceptors (Lipinski definition) is 4. The largest absolute Gasteiger partial charge is 0.396 e. The molecule has 138 valence electrons. The molecule has 3 aromatic rings. The van der Waals surface area contributed by atoms with E-state index in [1.165, 1.54) is 19.1 Å². The minimum absolute atomic E-state index is 0.198. The Labute approximate surface area is 162 Å². The van der Waals surface area contributed by atoms with Crippen molar-refractivity contribution in [2.75, 3.05) is 16.4 Å². The molecule has 0 aliphatic carbocycles. The lowest BCUT2D eigenvalue weighted by Gasteiger charge is -2.13. The number of rotatable bonds is 4. The Hall–Kier alpha value is -3.00. The maximum atomic E-state index is 14.2. The van der Waals surface area contributed by atoms with Crippen molar-refractivity contribution in [1.82, 2.24) is 4.98 Å². The molecule has 0 bridgehead atoms. The summed E-state index contributed by atoms with van der Waals surface area (Å²) in [5.41, 5.74) is 7.99. The van der Waals surface area contributed by atoms with Crippen molar-refractivity contribution in [1.29, 1.82) is 0 Å². The van der Waals surface area contributed by atoms with E-state index < -0.39 is 11.6 Å². The van der Waals surface area contributed by atoms with E-state index in [9.17, 15) is 13.6 Å². The Morgan fingerprint density at radius 3 is 2.52 bits per heavy atom. The van der Waals surface area contributed by atoms with Gasteiger partial charge in [-0.2, -0.15) is 0 Å². The van der Waals surface area contributed by atoms with Gasteiger partial charge in [0.2, 0.25) is 5.91 Å². The first-order valence-electron chi connectivity index (χ1n) is 7.88. The summed E-state index contributed by atoms with van der Waals surface area (Å²) in [6, 6.07) is 9.93. The number of hydrogen-bond donors (Lipinski definition) is 3. The number of carbonyl (C=O) groups excluding carboxylic acids is 1. The third-order valence-electron chi connectivity index (χ3n) is 3.64.